The molecule has 0 N–H and O–H groups in total. The van der Waals surface area contributed by atoms with Crippen LogP contribution in [0.2, 0.25) is 0 Å². The fraction of sp³-hybridized carbons (Fsp3) is 0.682. The average Bonchev–Trinajstić information content (AvgIpc) is 2.58. The van der Waals surface area contributed by atoms with Crippen LogP contribution < -0.4 is 0 Å². The van der Waals surface area contributed by atoms with Crippen LogP contribution in [0.25, 0.3) is 0 Å². The Bertz CT molecular complexity index is 453. The summed E-state index contributed by atoms with van der Waals surface area (Å²) < 4.78 is 5.83. The maximum Gasteiger partial charge on any atom is 0.338 e. The van der Waals surface area contributed by atoms with Crippen molar-refractivity contribution in [1.82, 2.24) is 0 Å². The first-order valence-electron chi connectivity index (χ1n) is 9.95. The Morgan fingerprint density at radius 2 is 1.46 bits per heavy atom. The minimum absolute atomic E-state index is 0.0766. The summed E-state index contributed by atoms with van der Waals surface area (Å²) in [6.07, 6.45) is 13.4. The highest BCUT2D eigenvalue weighted by Crippen LogP contribution is 2.18. The van der Waals surface area contributed by atoms with E-state index in [1.54, 1.807) is 0 Å². The van der Waals surface area contributed by atoms with Crippen molar-refractivity contribution >= 4 is 5.97 Å². The monoisotopic (exact) mass is 332 g/mol. The fourth-order valence-electron chi connectivity index (χ4n) is 3.04. The number of benzene rings is 1. The van der Waals surface area contributed by atoms with E-state index < -0.39 is 0 Å². The Kier molecular flexibility index (Phi) is 11.3. The molecule has 1 aromatic rings. The van der Waals surface area contributed by atoms with E-state index in [4.69, 9.17) is 4.74 Å². The first-order chi connectivity index (χ1) is 11.7. The van der Waals surface area contributed by atoms with Crippen molar-refractivity contribution < 1.29 is 9.53 Å². The molecule has 0 aliphatic rings. The van der Waals surface area contributed by atoms with E-state index in [0.29, 0.717) is 5.56 Å². The Balaban J connectivity index is 2.38. The van der Waals surface area contributed by atoms with Gasteiger partial charge in [-0.1, -0.05) is 83.4 Å². The Morgan fingerprint density at radius 1 is 0.875 bits per heavy atom. The summed E-state index contributed by atoms with van der Waals surface area (Å²) in [6, 6.07) is 7.69. The second kappa shape index (κ2) is 13.0. The third-order valence-electron chi connectivity index (χ3n) is 4.65. The van der Waals surface area contributed by atoms with Crippen molar-refractivity contribution in [2.45, 2.75) is 97.5 Å². The summed E-state index contributed by atoms with van der Waals surface area (Å²) in [5.74, 6) is -0.155. The lowest BCUT2D eigenvalue weighted by Gasteiger charge is -2.18. The highest BCUT2D eigenvalue weighted by atomic mass is 16.5. The minimum Gasteiger partial charge on any atom is -0.459 e. The Hall–Kier alpha value is -1.31. The smallest absolute Gasteiger partial charge is 0.338 e. The highest BCUT2D eigenvalue weighted by molar-refractivity contribution is 5.91. The molecule has 1 unspecified atom stereocenters. The minimum atomic E-state index is -0.155. The third-order valence-corrected chi connectivity index (χ3v) is 4.65. The van der Waals surface area contributed by atoms with Gasteiger partial charge in [0.1, 0.15) is 6.10 Å². The lowest BCUT2D eigenvalue weighted by atomic mass is 10.0. The zero-order valence-corrected chi connectivity index (χ0v) is 16.0. The average molecular weight is 333 g/mol. The topological polar surface area (TPSA) is 26.3 Å². The summed E-state index contributed by atoms with van der Waals surface area (Å²) in [6.45, 7) is 6.41. The summed E-state index contributed by atoms with van der Waals surface area (Å²) in [5.41, 5.74) is 1.70. The molecule has 2 nitrogen and oxygen atoms in total. The van der Waals surface area contributed by atoms with Gasteiger partial charge < -0.3 is 4.74 Å². The van der Waals surface area contributed by atoms with Gasteiger partial charge in [0.2, 0.25) is 0 Å². The van der Waals surface area contributed by atoms with Crippen molar-refractivity contribution in [1.29, 1.82) is 0 Å². The number of esters is 1. The van der Waals surface area contributed by atoms with Gasteiger partial charge in [0, 0.05) is 0 Å². The first-order valence-corrected chi connectivity index (χ1v) is 9.95. The largest absolute Gasteiger partial charge is 0.459 e. The second-order valence-corrected chi connectivity index (χ2v) is 6.89. The van der Waals surface area contributed by atoms with Gasteiger partial charge in [0.05, 0.1) is 5.56 Å². The van der Waals surface area contributed by atoms with Crippen LogP contribution in [-0.2, 0) is 4.74 Å². The Morgan fingerprint density at radius 3 is 2.12 bits per heavy atom. The molecule has 24 heavy (non-hydrogen) atoms. The molecular formula is C22H36O2. The second-order valence-electron chi connectivity index (χ2n) is 6.89. The number of rotatable bonds is 13. The van der Waals surface area contributed by atoms with E-state index in [-0.39, 0.29) is 12.1 Å². The molecule has 0 aliphatic carbocycles. The van der Waals surface area contributed by atoms with Crippen molar-refractivity contribution in [2.75, 3.05) is 0 Å². The van der Waals surface area contributed by atoms with Crippen LogP contribution in [0.3, 0.4) is 0 Å². The van der Waals surface area contributed by atoms with Crippen molar-refractivity contribution in [3.63, 3.8) is 0 Å². The van der Waals surface area contributed by atoms with Crippen LogP contribution in [0.1, 0.15) is 100 Å². The van der Waals surface area contributed by atoms with Gasteiger partial charge in [-0.15, -0.1) is 0 Å². The predicted molar refractivity (Wildman–Crippen MR) is 103 cm³/mol. The number of unbranched alkanes of at least 4 members (excludes halogenated alkanes) is 7. The lowest BCUT2D eigenvalue weighted by Crippen LogP contribution is -2.19. The van der Waals surface area contributed by atoms with E-state index in [2.05, 4.69) is 13.8 Å². The predicted octanol–water partition coefficient (Wildman–Crippen LogP) is 6.85. The van der Waals surface area contributed by atoms with Crippen molar-refractivity contribution in [3.05, 3.63) is 35.4 Å². The Labute approximate surface area is 149 Å². The number of hydrogen-bond acceptors (Lipinski definition) is 2. The van der Waals surface area contributed by atoms with E-state index in [0.717, 1.165) is 31.2 Å². The van der Waals surface area contributed by atoms with E-state index in [1.165, 1.54) is 44.9 Å². The highest BCUT2D eigenvalue weighted by Gasteiger charge is 2.16. The lowest BCUT2D eigenvalue weighted by molar-refractivity contribution is 0.0249. The molecule has 1 atom stereocenters. The summed E-state index contributed by atoms with van der Waals surface area (Å²) >= 11 is 0. The van der Waals surface area contributed by atoms with Crippen LogP contribution in [0.5, 0.6) is 0 Å². The van der Waals surface area contributed by atoms with Gasteiger partial charge in [0.15, 0.2) is 0 Å². The van der Waals surface area contributed by atoms with Gasteiger partial charge in [-0.3, -0.25) is 0 Å². The first kappa shape index (κ1) is 20.7. The molecule has 0 amide bonds. The maximum atomic E-state index is 12.4. The third kappa shape index (κ3) is 8.52. The maximum absolute atomic E-state index is 12.4. The molecule has 0 fully saturated rings. The van der Waals surface area contributed by atoms with Crippen molar-refractivity contribution in [3.8, 4) is 0 Å². The summed E-state index contributed by atoms with van der Waals surface area (Å²) in [4.78, 5) is 12.4. The number of carbonyl (C=O) groups excluding carboxylic acids is 1. The molecule has 0 saturated carbocycles. The molecule has 0 heterocycles. The zero-order chi connectivity index (χ0) is 17.6. The molecule has 0 aromatic heterocycles. The normalized spacial score (nSPS) is 12.1. The molecule has 2 heteroatoms. The van der Waals surface area contributed by atoms with Crippen LogP contribution in [0, 0.1) is 6.92 Å². The molecular weight excluding hydrogens is 296 g/mol. The SMILES string of the molecule is CCCCCCCCCC(CCCC)OC(=O)c1ccccc1C. The molecule has 0 radical (unpaired) electrons. The zero-order valence-electron chi connectivity index (χ0n) is 16.0. The summed E-state index contributed by atoms with van der Waals surface area (Å²) in [5, 5.41) is 0. The van der Waals surface area contributed by atoms with Crippen molar-refractivity contribution in [2.24, 2.45) is 0 Å². The van der Waals surface area contributed by atoms with E-state index >= 15 is 0 Å². The number of hydrogen-bond donors (Lipinski definition) is 0. The molecule has 136 valence electrons. The van der Waals surface area contributed by atoms with E-state index in [1.807, 2.05) is 31.2 Å². The van der Waals surface area contributed by atoms with Crippen LogP contribution in [-0.4, -0.2) is 12.1 Å². The van der Waals surface area contributed by atoms with Gasteiger partial charge >= 0.3 is 5.97 Å². The van der Waals surface area contributed by atoms with Crippen LogP contribution in [0.4, 0.5) is 0 Å². The van der Waals surface area contributed by atoms with Gasteiger partial charge in [-0.2, -0.15) is 0 Å². The standard InChI is InChI=1S/C22H36O2/c1-4-6-8-9-10-11-12-17-20(16-7-5-2)24-22(23)21-18-14-13-15-19(21)3/h13-15,18,20H,4-12,16-17H2,1-3H3. The quantitative estimate of drug-likeness (QED) is 0.291. The fourth-order valence-corrected chi connectivity index (χ4v) is 3.04. The van der Waals surface area contributed by atoms with Gasteiger partial charge in [-0.05, 0) is 37.8 Å². The molecule has 0 bridgehead atoms. The molecule has 0 aliphatic heterocycles. The van der Waals surface area contributed by atoms with Gasteiger partial charge in [-0.25, -0.2) is 4.79 Å². The van der Waals surface area contributed by atoms with E-state index in [9.17, 15) is 4.79 Å². The molecule has 1 aromatic carbocycles. The van der Waals surface area contributed by atoms with Crippen LogP contribution >= 0.6 is 0 Å². The summed E-state index contributed by atoms with van der Waals surface area (Å²) in [7, 11) is 0. The molecule has 0 saturated heterocycles. The molecule has 0 spiro atoms. The number of ether oxygens (including phenoxy) is 1. The molecule has 1 rings (SSSR count). The van der Waals surface area contributed by atoms with Gasteiger partial charge in [0.25, 0.3) is 0 Å². The van der Waals surface area contributed by atoms with Crippen LogP contribution in [0.15, 0.2) is 24.3 Å². The number of aryl methyl sites for hydroxylation is 1. The number of carbonyl (C=O) groups is 1.